The molecule has 1 aliphatic heterocycles. The molecule has 3 N–H and O–H groups in total. The van der Waals surface area contributed by atoms with Crippen molar-refractivity contribution in [3.8, 4) is 0 Å². The molecule has 0 aromatic heterocycles. The molecular formula is C10H14ClN3. The van der Waals surface area contributed by atoms with Gasteiger partial charge in [0.15, 0.2) is 0 Å². The lowest BCUT2D eigenvalue weighted by Gasteiger charge is -2.09. The van der Waals surface area contributed by atoms with Gasteiger partial charge >= 0.3 is 0 Å². The van der Waals surface area contributed by atoms with Gasteiger partial charge in [-0.15, -0.1) is 0 Å². The third-order valence-electron chi connectivity index (χ3n) is 2.50. The summed E-state index contributed by atoms with van der Waals surface area (Å²) in [6.45, 7) is 0. The average molecular weight is 212 g/mol. The molecule has 3 nitrogen and oxygen atoms in total. The van der Waals surface area contributed by atoms with Crippen molar-refractivity contribution in [3.63, 3.8) is 0 Å². The quantitative estimate of drug-likeness (QED) is 0.693. The van der Waals surface area contributed by atoms with Gasteiger partial charge in [0.25, 0.3) is 0 Å². The molecule has 0 aliphatic carbocycles. The number of hydrogen-bond acceptors (Lipinski definition) is 3. The SMILES string of the molecule is CNC1CC(c2cccc(Cl)c2)NN1. The fraction of sp³-hybridized carbons (Fsp3) is 0.400. The maximum absolute atomic E-state index is 5.93. The molecule has 76 valence electrons. The smallest absolute Gasteiger partial charge is 0.0720 e. The Morgan fingerprint density at radius 1 is 1.43 bits per heavy atom. The molecular weight excluding hydrogens is 198 g/mol. The summed E-state index contributed by atoms with van der Waals surface area (Å²) in [5.74, 6) is 0. The van der Waals surface area contributed by atoms with Gasteiger partial charge in [0.2, 0.25) is 0 Å². The van der Waals surface area contributed by atoms with Crippen LogP contribution in [0.15, 0.2) is 24.3 Å². The molecule has 1 fully saturated rings. The molecule has 2 rings (SSSR count). The Kier molecular flexibility index (Phi) is 3.03. The van der Waals surface area contributed by atoms with Crippen LogP contribution >= 0.6 is 11.6 Å². The van der Waals surface area contributed by atoms with E-state index in [1.165, 1.54) is 5.56 Å². The van der Waals surface area contributed by atoms with Crippen molar-refractivity contribution in [1.29, 1.82) is 0 Å². The molecule has 4 heteroatoms. The Morgan fingerprint density at radius 3 is 2.93 bits per heavy atom. The lowest BCUT2D eigenvalue weighted by molar-refractivity contribution is 0.494. The molecule has 1 heterocycles. The topological polar surface area (TPSA) is 36.1 Å². The molecule has 2 unspecified atom stereocenters. The van der Waals surface area contributed by atoms with Gasteiger partial charge < -0.3 is 5.32 Å². The van der Waals surface area contributed by atoms with E-state index in [2.05, 4.69) is 22.2 Å². The maximum Gasteiger partial charge on any atom is 0.0720 e. The minimum Gasteiger partial charge on any atom is -0.304 e. The lowest BCUT2D eigenvalue weighted by Crippen LogP contribution is -2.38. The van der Waals surface area contributed by atoms with Crippen molar-refractivity contribution in [3.05, 3.63) is 34.9 Å². The van der Waals surface area contributed by atoms with Crippen molar-refractivity contribution in [2.45, 2.75) is 18.6 Å². The molecule has 0 saturated carbocycles. The van der Waals surface area contributed by atoms with Crippen LogP contribution < -0.4 is 16.2 Å². The van der Waals surface area contributed by atoms with Gasteiger partial charge in [-0.3, -0.25) is 0 Å². The molecule has 1 aliphatic rings. The Labute approximate surface area is 88.8 Å². The Balaban J connectivity index is 2.09. The number of rotatable bonds is 2. The fourth-order valence-electron chi connectivity index (χ4n) is 1.69. The first-order valence-corrected chi connectivity index (χ1v) is 5.11. The van der Waals surface area contributed by atoms with E-state index in [-0.39, 0.29) is 0 Å². The number of hydrogen-bond donors (Lipinski definition) is 3. The predicted octanol–water partition coefficient (Wildman–Crippen LogP) is 1.42. The van der Waals surface area contributed by atoms with Crippen LogP contribution in [-0.4, -0.2) is 13.2 Å². The summed E-state index contributed by atoms with van der Waals surface area (Å²) < 4.78 is 0. The first-order chi connectivity index (χ1) is 6.79. The summed E-state index contributed by atoms with van der Waals surface area (Å²) in [6, 6.07) is 8.29. The molecule has 0 spiro atoms. The van der Waals surface area contributed by atoms with Crippen molar-refractivity contribution >= 4 is 11.6 Å². The van der Waals surface area contributed by atoms with Crippen LogP contribution in [0.25, 0.3) is 0 Å². The van der Waals surface area contributed by atoms with Gasteiger partial charge in [0, 0.05) is 11.1 Å². The van der Waals surface area contributed by atoms with Crippen LogP contribution in [0.4, 0.5) is 0 Å². The van der Waals surface area contributed by atoms with E-state index < -0.39 is 0 Å². The normalized spacial score (nSPS) is 26.7. The highest BCUT2D eigenvalue weighted by Crippen LogP contribution is 2.23. The summed E-state index contributed by atoms with van der Waals surface area (Å²) >= 11 is 5.93. The second kappa shape index (κ2) is 4.28. The van der Waals surface area contributed by atoms with Crippen LogP contribution in [0.5, 0.6) is 0 Å². The summed E-state index contributed by atoms with van der Waals surface area (Å²) in [6.07, 6.45) is 1.36. The molecule has 0 radical (unpaired) electrons. The summed E-state index contributed by atoms with van der Waals surface area (Å²) in [5.41, 5.74) is 7.62. The van der Waals surface area contributed by atoms with Crippen LogP contribution in [0, 0.1) is 0 Å². The zero-order valence-electron chi connectivity index (χ0n) is 8.05. The zero-order valence-corrected chi connectivity index (χ0v) is 8.81. The second-order valence-electron chi connectivity index (χ2n) is 3.47. The molecule has 14 heavy (non-hydrogen) atoms. The van der Waals surface area contributed by atoms with Crippen LogP contribution in [0.2, 0.25) is 5.02 Å². The minimum atomic E-state index is 0.332. The van der Waals surface area contributed by atoms with Crippen LogP contribution in [-0.2, 0) is 0 Å². The largest absolute Gasteiger partial charge is 0.304 e. The Bertz CT molecular complexity index is 316. The summed E-state index contributed by atoms with van der Waals surface area (Å²) in [5, 5.41) is 3.96. The van der Waals surface area contributed by atoms with Crippen molar-refractivity contribution in [1.82, 2.24) is 16.2 Å². The molecule has 0 amide bonds. The Morgan fingerprint density at radius 2 is 2.29 bits per heavy atom. The first kappa shape index (κ1) is 9.93. The molecule has 1 aromatic rings. The van der Waals surface area contributed by atoms with E-state index in [9.17, 15) is 0 Å². The highest BCUT2D eigenvalue weighted by Gasteiger charge is 2.23. The molecule has 0 bridgehead atoms. The first-order valence-electron chi connectivity index (χ1n) is 4.73. The Hall–Kier alpha value is -0.610. The minimum absolute atomic E-state index is 0.332. The van der Waals surface area contributed by atoms with Gasteiger partial charge in [0.1, 0.15) is 0 Å². The van der Waals surface area contributed by atoms with Gasteiger partial charge in [-0.1, -0.05) is 23.7 Å². The zero-order chi connectivity index (χ0) is 9.97. The fourth-order valence-corrected chi connectivity index (χ4v) is 1.89. The highest BCUT2D eigenvalue weighted by atomic mass is 35.5. The van der Waals surface area contributed by atoms with Gasteiger partial charge in [0.05, 0.1) is 6.17 Å². The van der Waals surface area contributed by atoms with E-state index in [1.54, 1.807) is 0 Å². The number of hydrazine groups is 1. The molecule has 1 saturated heterocycles. The monoisotopic (exact) mass is 211 g/mol. The second-order valence-corrected chi connectivity index (χ2v) is 3.91. The lowest BCUT2D eigenvalue weighted by atomic mass is 10.0. The van der Waals surface area contributed by atoms with E-state index in [4.69, 9.17) is 11.6 Å². The molecule has 1 aromatic carbocycles. The highest BCUT2D eigenvalue weighted by molar-refractivity contribution is 6.30. The van der Waals surface area contributed by atoms with E-state index in [1.807, 2.05) is 25.2 Å². The maximum atomic E-state index is 5.93. The third kappa shape index (κ3) is 2.07. The van der Waals surface area contributed by atoms with Crippen molar-refractivity contribution < 1.29 is 0 Å². The average Bonchev–Trinajstić information content (AvgIpc) is 2.66. The van der Waals surface area contributed by atoms with Crippen molar-refractivity contribution in [2.75, 3.05) is 7.05 Å². The summed E-state index contributed by atoms with van der Waals surface area (Å²) in [4.78, 5) is 0. The number of nitrogens with one attached hydrogen (secondary N) is 3. The van der Waals surface area contributed by atoms with Gasteiger partial charge in [-0.25, -0.2) is 10.9 Å². The van der Waals surface area contributed by atoms with E-state index in [0.29, 0.717) is 12.2 Å². The van der Waals surface area contributed by atoms with Crippen LogP contribution in [0.1, 0.15) is 18.0 Å². The number of halogens is 1. The van der Waals surface area contributed by atoms with Gasteiger partial charge in [-0.05, 0) is 31.2 Å². The van der Waals surface area contributed by atoms with E-state index >= 15 is 0 Å². The summed E-state index contributed by atoms with van der Waals surface area (Å²) in [7, 11) is 1.94. The third-order valence-corrected chi connectivity index (χ3v) is 2.74. The predicted molar refractivity (Wildman–Crippen MR) is 57.9 cm³/mol. The molecule has 2 atom stereocenters. The number of benzene rings is 1. The standard InChI is InChI=1S/C10H14ClN3/c1-12-10-6-9(13-14-10)7-3-2-4-8(11)5-7/h2-5,9-10,12-14H,6H2,1H3. The van der Waals surface area contributed by atoms with E-state index in [0.717, 1.165) is 11.4 Å². The van der Waals surface area contributed by atoms with Crippen molar-refractivity contribution in [2.24, 2.45) is 0 Å². The van der Waals surface area contributed by atoms with Gasteiger partial charge in [-0.2, -0.15) is 0 Å². The van der Waals surface area contributed by atoms with Crippen LogP contribution in [0.3, 0.4) is 0 Å².